The Kier molecular flexibility index (Phi) is 3.83. The summed E-state index contributed by atoms with van der Waals surface area (Å²) in [6.45, 7) is 2.26. The van der Waals surface area contributed by atoms with E-state index in [1.165, 1.54) is 25.8 Å². The van der Waals surface area contributed by atoms with Crippen LogP contribution in [-0.4, -0.2) is 38.2 Å². The molecule has 1 rings (SSSR count). The normalized spacial score (nSPS) is 25.9. The van der Waals surface area contributed by atoms with E-state index in [-0.39, 0.29) is 0 Å². The van der Waals surface area contributed by atoms with Crippen molar-refractivity contribution in [2.45, 2.75) is 25.3 Å². The maximum atomic E-state index is 3.49. The molecule has 1 aliphatic rings. The van der Waals surface area contributed by atoms with Crippen molar-refractivity contribution >= 4 is 0 Å². The maximum Gasteiger partial charge on any atom is 0.0256 e. The first-order chi connectivity index (χ1) is 5.29. The van der Waals surface area contributed by atoms with E-state index in [1.54, 1.807) is 0 Å². The molecule has 1 aliphatic heterocycles. The molecular weight excluding hydrogens is 138 g/mol. The lowest BCUT2D eigenvalue weighted by atomic mass is 10.1. The second kappa shape index (κ2) is 4.70. The molecule has 3 nitrogen and oxygen atoms in total. The van der Waals surface area contributed by atoms with Crippen molar-refractivity contribution in [3.8, 4) is 0 Å². The van der Waals surface area contributed by atoms with Crippen LogP contribution in [0.3, 0.4) is 0 Å². The molecule has 3 heteroatoms. The molecule has 1 fully saturated rings. The highest BCUT2D eigenvalue weighted by molar-refractivity contribution is 4.73. The number of hydrogen-bond acceptors (Lipinski definition) is 3. The molecule has 0 aromatic carbocycles. The SMILES string of the molecule is CN(C)NCC1CCCCN1. The molecule has 1 saturated heterocycles. The number of rotatable bonds is 3. The molecule has 11 heavy (non-hydrogen) atoms. The Bertz CT molecular complexity index is 97.5. The Morgan fingerprint density at radius 2 is 2.27 bits per heavy atom. The predicted molar refractivity (Wildman–Crippen MR) is 47.3 cm³/mol. The van der Waals surface area contributed by atoms with Crippen LogP contribution in [0.1, 0.15) is 19.3 Å². The quantitative estimate of drug-likeness (QED) is 0.573. The number of nitrogens with zero attached hydrogens (tertiary/aromatic N) is 1. The fourth-order valence-corrected chi connectivity index (χ4v) is 1.39. The van der Waals surface area contributed by atoms with Gasteiger partial charge in [-0.25, -0.2) is 0 Å². The second-order valence-electron chi connectivity index (χ2n) is 3.40. The topological polar surface area (TPSA) is 27.3 Å². The number of hydrazine groups is 1. The van der Waals surface area contributed by atoms with Crippen molar-refractivity contribution in [2.75, 3.05) is 27.2 Å². The monoisotopic (exact) mass is 157 g/mol. The Morgan fingerprint density at radius 3 is 2.82 bits per heavy atom. The van der Waals surface area contributed by atoms with Gasteiger partial charge in [-0.2, -0.15) is 0 Å². The zero-order valence-corrected chi connectivity index (χ0v) is 7.56. The molecule has 2 N–H and O–H groups in total. The van der Waals surface area contributed by atoms with E-state index >= 15 is 0 Å². The van der Waals surface area contributed by atoms with E-state index in [4.69, 9.17) is 0 Å². The van der Waals surface area contributed by atoms with Crippen LogP contribution in [0.15, 0.2) is 0 Å². The van der Waals surface area contributed by atoms with Crippen LogP contribution in [0.5, 0.6) is 0 Å². The van der Waals surface area contributed by atoms with Crippen LogP contribution in [0.4, 0.5) is 0 Å². The summed E-state index contributed by atoms with van der Waals surface area (Å²) < 4.78 is 0. The average Bonchev–Trinajstić information content (AvgIpc) is 2.03. The fraction of sp³-hybridized carbons (Fsp3) is 1.00. The summed E-state index contributed by atoms with van der Waals surface area (Å²) in [6.07, 6.45) is 4.05. The Balaban J connectivity index is 2.05. The minimum atomic E-state index is 0.686. The fourth-order valence-electron chi connectivity index (χ4n) is 1.39. The minimum Gasteiger partial charge on any atom is -0.313 e. The van der Waals surface area contributed by atoms with Crippen molar-refractivity contribution < 1.29 is 0 Å². The van der Waals surface area contributed by atoms with Crippen molar-refractivity contribution in [2.24, 2.45) is 0 Å². The van der Waals surface area contributed by atoms with Crippen molar-refractivity contribution in [1.29, 1.82) is 0 Å². The largest absolute Gasteiger partial charge is 0.313 e. The van der Waals surface area contributed by atoms with Crippen LogP contribution in [0.25, 0.3) is 0 Å². The third-order valence-electron chi connectivity index (χ3n) is 2.07. The molecule has 0 aliphatic carbocycles. The van der Waals surface area contributed by atoms with Gasteiger partial charge in [-0.3, -0.25) is 10.4 Å². The highest BCUT2D eigenvalue weighted by Gasteiger charge is 2.11. The molecule has 1 heterocycles. The van der Waals surface area contributed by atoms with Crippen molar-refractivity contribution in [1.82, 2.24) is 15.8 Å². The van der Waals surface area contributed by atoms with Gasteiger partial charge >= 0.3 is 0 Å². The van der Waals surface area contributed by atoms with E-state index in [2.05, 4.69) is 10.7 Å². The van der Waals surface area contributed by atoms with Gasteiger partial charge < -0.3 is 5.32 Å². The van der Waals surface area contributed by atoms with Gasteiger partial charge in [-0.05, 0) is 19.4 Å². The van der Waals surface area contributed by atoms with Crippen molar-refractivity contribution in [3.63, 3.8) is 0 Å². The molecule has 0 aromatic heterocycles. The first kappa shape index (κ1) is 8.97. The minimum absolute atomic E-state index is 0.686. The summed E-state index contributed by atoms with van der Waals surface area (Å²) in [4.78, 5) is 0. The van der Waals surface area contributed by atoms with Gasteiger partial charge in [-0.15, -0.1) is 0 Å². The van der Waals surface area contributed by atoms with Crippen LogP contribution in [0, 0.1) is 0 Å². The van der Waals surface area contributed by atoms with E-state index < -0.39 is 0 Å². The molecule has 0 spiro atoms. The lowest BCUT2D eigenvalue weighted by Crippen LogP contribution is -2.45. The van der Waals surface area contributed by atoms with Gasteiger partial charge in [0, 0.05) is 26.7 Å². The lowest BCUT2D eigenvalue weighted by Gasteiger charge is -2.25. The average molecular weight is 157 g/mol. The van der Waals surface area contributed by atoms with E-state index in [9.17, 15) is 0 Å². The van der Waals surface area contributed by atoms with Crippen LogP contribution < -0.4 is 10.7 Å². The third kappa shape index (κ3) is 3.70. The lowest BCUT2D eigenvalue weighted by molar-refractivity contribution is 0.254. The Hall–Kier alpha value is -0.120. The summed E-state index contributed by atoms with van der Waals surface area (Å²) in [6, 6.07) is 0.686. The number of hydrogen-bond donors (Lipinski definition) is 2. The molecule has 1 atom stereocenters. The van der Waals surface area contributed by atoms with E-state index in [0.29, 0.717) is 6.04 Å². The number of piperidine rings is 1. The smallest absolute Gasteiger partial charge is 0.0256 e. The molecule has 66 valence electrons. The first-order valence-electron chi connectivity index (χ1n) is 4.43. The zero-order valence-electron chi connectivity index (χ0n) is 7.56. The van der Waals surface area contributed by atoms with Crippen LogP contribution in [-0.2, 0) is 0 Å². The highest BCUT2D eigenvalue weighted by Crippen LogP contribution is 2.05. The number of nitrogens with one attached hydrogen (secondary N) is 2. The first-order valence-corrected chi connectivity index (χ1v) is 4.43. The van der Waals surface area contributed by atoms with Gasteiger partial charge in [0.1, 0.15) is 0 Å². The summed E-state index contributed by atoms with van der Waals surface area (Å²) in [5.41, 5.74) is 3.29. The molecule has 0 bridgehead atoms. The van der Waals surface area contributed by atoms with Gasteiger partial charge in [0.15, 0.2) is 0 Å². The third-order valence-corrected chi connectivity index (χ3v) is 2.07. The van der Waals surface area contributed by atoms with Gasteiger partial charge in [0.05, 0.1) is 0 Å². The standard InChI is InChI=1S/C8H19N3/c1-11(2)10-7-8-5-3-4-6-9-8/h8-10H,3-7H2,1-2H3. The molecule has 0 saturated carbocycles. The van der Waals surface area contributed by atoms with Crippen LogP contribution >= 0.6 is 0 Å². The predicted octanol–water partition coefficient (Wildman–Crippen LogP) is 0.195. The van der Waals surface area contributed by atoms with E-state index in [0.717, 1.165) is 6.54 Å². The maximum absolute atomic E-state index is 3.49. The summed E-state index contributed by atoms with van der Waals surface area (Å²) in [7, 11) is 4.06. The Labute approximate surface area is 69.1 Å². The van der Waals surface area contributed by atoms with E-state index in [1.807, 2.05) is 19.1 Å². The zero-order chi connectivity index (χ0) is 8.10. The Morgan fingerprint density at radius 1 is 1.45 bits per heavy atom. The molecular formula is C8H19N3. The van der Waals surface area contributed by atoms with Gasteiger partial charge in [0.2, 0.25) is 0 Å². The second-order valence-corrected chi connectivity index (χ2v) is 3.40. The van der Waals surface area contributed by atoms with Crippen LogP contribution in [0.2, 0.25) is 0 Å². The van der Waals surface area contributed by atoms with Crippen molar-refractivity contribution in [3.05, 3.63) is 0 Å². The molecule has 1 unspecified atom stereocenters. The molecule has 0 radical (unpaired) electrons. The summed E-state index contributed by atoms with van der Waals surface area (Å²) in [5, 5.41) is 5.50. The molecule has 0 amide bonds. The highest BCUT2D eigenvalue weighted by atomic mass is 15.5. The summed E-state index contributed by atoms with van der Waals surface area (Å²) >= 11 is 0. The van der Waals surface area contributed by atoms with Gasteiger partial charge in [-0.1, -0.05) is 6.42 Å². The molecule has 0 aromatic rings. The van der Waals surface area contributed by atoms with Gasteiger partial charge in [0.25, 0.3) is 0 Å². The summed E-state index contributed by atoms with van der Waals surface area (Å²) in [5.74, 6) is 0.